The van der Waals surface area contributed by atoms with Crippen LogP contribution in [-0.4, -0.2) is 19.3 Å². The van der Waals surface area contributed by atoms with Gasteiger partial charge in [0, 0.05) is 6.61 Å². The van der Waals surface area contributed by atoms with Crippen LogP contribution in [0.25, 0.3) is 0 Å². The molecule has 4 heteroatoms. The molecule has 0 aliphatic carbocycles. The van der Waals surface area contributed by atoms with E-state index in [-0.39, 0.29) is 6.10 Å². The normalized spacial score (nSPS) is 12.7. The standard InChI is InChI=1S/C12H18ClNO2/c1-3-15-7-9(2)16-8-10-4-5-11(13)12(14)6-10/h4-6,9H,3,7-8,14H2,1-2H3. The molecule has 1 atom stereocenters. The van der Waals surface area contributed by atoms with Gasteiger partial charge in [0.15, 0.2) is 0 Å². The Hall–Kier alpha value is -0.770. The van der Waals surface area contributed by atoms with Gasteiger partial charge in [-0.15, -0.1) is 0 Å². The summed E-state index contributed by atoms with van der Waals surface area (Å²) in [5, 5.41) is 0.575. The quantitative estimate of drug-likeness (QED) is 0.782. The van der Waals surface area contributed by atoms with Crippen molar-refractivity contribution in [2.45, 2.75) is 26.6 Å². The van der Waals surface area contributed by atoms with E-state index in [2.05, 4.69) is 0 Å². The molecule has 0 saturated carbocycles. The Morgan fingerprint density at radius 3 is 2.81 bits per heavy atom. The lowest BCUT2D eigenvalue weighted by molar-refractivity contribution is -0.0116. The second-order valence-corrected chi connectivity index (χ2v) is 4.04. The molecule has 0 aliphatic rings. The van der Waals surface area contributed by atoms with E-state index in [4.69, 9.17) is 26.8 Å². The van der Waals surface area contributed by atoms with Crippen LogP contribution in [0.2, 0.25) is 5.02 Å². The molecule has 16 heavy (non-hydrogen) atoms. The minimum atomic E-state index is 0.0804. The van der Waals surface area contributed by atoms with Crippen molar-refractivity contribution in [2.24, 2.45) is 0 Å². The smallest absolute Gasteiger partial charge is 0.0785 e. The van der Waals surface area contributed by atoms with Crippen LogP contribution in [0.15, 0.2) is 18.2 Å². The Balaban J connectivity index is 2.39. The topological polar surface area (TPSA) is 44.5 Å². The summed E-state index contributed by atoms with van der Waals surface area (Å²) in [5.74, 6) is 0. The molecule has 1 aromatic rings. The molecule has 3 nitrogen and oxygen atoms in total. The van der Waals surface area contributed by atoms with Crippen LogP contribution in [0.5, 0.6) is 0 Å². The number of hydrogen-bond acceptors (Lipinski definition) is 3. The Morgan fingerprint density at radius 1 is 1.44 bits per heavy atom. The highest BCUT2D eigenvalue weighted by atomic mass is 35.5. The summed E-state index contributed by atoms with van der Waals surface area (Å²) in [6.07, 6.45) is 0.0804. The summed E-state index contributed by atoms with van der Waals surface area (Å²) in [6, 6.07) is 5.52. The molecule has 0 bridgehead atoms. The average molecular weight is 244 g/mol. The lowest BCUT2D eigenvalue weighted by atomic mass is 10.2. The Morgan fingerprint density at radius 2 is 2.19 bits per heavy atom. The van der Waals surface area contributed by atoms with Gasteiger partial charge in [-0.2, -0.15) is 0 Å². The maximum absolute atomic E-state index is 5.83. The van der Waals surface area contributed by atoms with E-state index < -0.39 is 0 Å². The lowest BCUT2D eigenvalue weighted by Gasteiger charge is -2.13. The average Bonchev–Trinajstić information content (AvgIpc) is 2.28. The monoisotopic (exact) mass is 243 g/mol. The van der Waals surface area contributed by atoms with Crippen molar-refractivity contribution in [1.29, 1.82) is 0 Å². The van der Waals surface area contributed by atoms with Crippen molar-refractivity contribution < 1.29 is 9.47 Å². The number of nitrogen functional groups attached to an aromatic ring is 1. The van der Waals surface area contributed by atoms with E-state index in [0.29, 0.717) is 30.5 Å². The van der Waals surface area contributed by atoms with E-state index in [9.17, 15) is 0 Å². The minimum absolute atomic E-state index is 0.0804. The summed E-state index contributed by atoms with van der Waals surface area (Å²) in [5.41, 5.74) is 7.30. The molecular formula is C12H18ClNO2. The maximum Gasteiger partial charge on any atom is 0.0785 e. The Kier molecular flexibility index (Phi) is 5.60. The van der Waals surface area contributed by atoms with Gasteiger partial charge in [0.25, 0.3) is 0 Å². The van der Waals surface area contributed by atoms with Gasteiger partial charge in [0.05, 0.1) is 30.0 Å². The number of nitrogens with two attached hydrogens (primary N) is 1. The van der Waals surface area contributed by atoms with Crippen molar-refractivity contribution >= 4 is 17.3 Å². The van der Waals surface area contributed by atoms with E-state index in [1.807, 2.05) is 26.0 Å². The summed E-state index contributed by atoms with van der Waals surface area (Å²) < 4.78 is 10.9. The summed E-state index contributed by atoms with van der Waals surface area (Å²) in [4.78, 5) is 0. The molecular weight excluding hydrogens is 226 g/mol. The maximum atomic E-state index is 5.83. The third kappa shape index (κ3) is 4.39. The Labute approximate surface area is 101 Å². The van der Waals surface area contributed by atoms with Gasteiger partial charge in [-0.3, -0.25) is 0 Å². The molecule has 0 aromatic heterocycles. The van der Waals surface area contributed by atoms with Crippen molar-refractivity contribution in [3.05, 3.63) is 28.8 Å². The van der Waals surface area contributed by atoms with Crippen LogP contribution >= 0.6 is 11.6 Å². The molecule has 2 N–H and O–H groups in total. The second kappa shape index (κ2) is 6.74. The third-order valence-electron chi connectivity index (χ3n) is 2.15. The van der Waals surface area contributed by atoms with Crippen molar-refractivity contribution in [1.82, 2.24) is 0 Å². The first-order valence-corrected chi connectivity index (χ1v) is 5.74. The highest BCUT2D eigenvalue weighted by Gasteiger charge is 2.03. The minimum Gasteiger partial charge on any atom is -0.398 e. The second-order valence-electron chi connectivity index (χ2n) is 3.64. The van der Waals surface area contributed by atoms with Crippen LogP contribution in [0.1, 0.15) is 19.4 Å². The number of ether oxygens (including phenoxy) is 2. The molecule has 0 aliphatic heterocycles. The van der Waals surface area contributed by atoms with Crippen LogP contribution in [-0.2, 0) is 16.1 Å². The molecule has 90 valence electrons. The fourth-order valence-corrected chi connectivity index (χ4v) is 1.37. The van der Waals surface area contributed by atoms with Crippen LogP contribution in [0, 0.1) is 0 Å². The summed E-state index contributed by atoms with van der Waals surface area (Å²) >= 11 is 5.83. The van der Waals surface area contributed by atoms with E-state index in [1.165, 1.54) is 0 Å². The highest BCUT2D eigenvalue weighted by molar-refractivity contribution is 6.33. The van der Waals surface area contributed by atoms with E-state index >= 15 is 0 Å². The van der Waals surface area contributed by atoms with Crippen molar-refractivity contribution in [3.63, 3.8) is 0 Å². The molecule has 0 saturated heterocycles. The molecule has 1 rings (SSSR count). The third-order valence-corrected chi connectivity index (χ3v) is 2.50. The number of anilines is 1. The van der Waals surface area contributed by atoms with Crippen LogP contribution < -0.4 is 5.73 Å². The van der Waals surface area contributed by atoms with Crippen LogP contribution in [0.3, 0.4) is 0 Å². The summed E-state index contributed by atoms with van der Waals surface area (Å²) in [6.45, 7) is 5.79. The molecule has 1 unspecified atom stereocenters. The molecule has 0 spiro atoms. The van der Waals surface area contributed by atoms with Gasteiger partial charge in [-0.05, 0) is 31.5 Å². The number of benzene rings is 1. The molecule has 0 fully saturated rings. The van der Waals surface area contributed by atoms with Gasteiger partial charge < -0.3 is 15.2 Å². The van der Waals surface area contributed by atoms with E-state index in [0.717, 1.165) is 5.56 Å². The van der Waals surface area contributed by atoms with Gasteiger partial charge in [-0.1, -0.05) is 17.7 Å². The predicted molar refractivity (Wildman–Crippen MR) is 66.6 cm³/mol. The van der Waals surface area contributed by atoms with Gasteiger partial charge >= 0.3 is 0 Å². The van der Waals surface area contributed by atoms with Gasteiger partial charge in [0.2, 0.25) is 0 Å². The number of hydrogen-bond donors (Lipinski definition) is 1. The van der Waals surface area contributed by atoms with Crippen molar-refractivity contribution in [3.8, 4) is 0 Å². The van der Waals surface area contributed by atoms with Gasteiger partial charge in [0.1, 0.15) is 0 Å². The molecule has 0 radical (unpaired) electrons. The summed E-state index contributed by atoms with van der Waals surface area (Å²) in [7, 11) is 0. The molecule has 0 heterocycles. The zero-order valence-corrected chi connectivity index (χ0v) is 10.5. The van der Waals surface area contributed by atoms with Crippen molar-refractivity contribution in [2.75, 3.05) is 18.9 Å². The highest BCUT2D eigenvalue weighted by Crippen LogP contribution is 2.20. The first-order chi connectivity index (χ1) is 7.63. The molecule has 0 amide bonds. The largest absolute Gasteiger partial charge is 0.398 e. The Bertz CT molecular complexity index is 331. The zero-order chi connectivity index (χ0) is 12.0. The fourth-order valence-electron chi connectivity index (χ4n) is 1.25. The fraction of sp³-hybridized carbons (Fsp3) is 0.500. The predicted octanol–water partition coefficient (Wildman–Crippen LogP) is 2.86. The van der Waals surface area contributed by atoms with Gasteiger partial charge in [-0.25, -0.2) is 0 Å². The molecule has 1 aromatic carbocycles. The van der Waals surface area contributed by atoms with Crippen LogP contribution in [0.4, 0.5) is 5.69 Å². The zero-order valence-electron chi connectivity index (χ0n) is 9.70. The first-order valence-electron chi connectivity index (χ1n) is 5.36. The first kappa shape index (κ1) is 13.3. The van der Waals surface area contributed by atoms with E-state index in [1.54, 1.807) is 6.07 Å². The lowest BCUT2D eigenvalue weighted by Crippen LogP contribution is -2.15. The SMILES string of the molecule is CCOCC(C)OCc1ccc(Cl)c(N)c1. The number of halogens is 1. The number of rotatable bonds is 6.